The molecule has 8 heteroatoms. The molecule has 3 N–H and O–H groups in total. The quantitative estimate of drug-likeness (QED) is 0.592. The van der Waals surface area contributed by atoms with Crippen molar-refractivity contribution in [2.45, 2.75) is 6.73 Å². The van der Waals surface area contributed by atoms with Crippen LogP contribution in [0.3, 0.4) is 0 Å². The molecule has 1 aromatic carbocycles. The van der Waals surface area contributed by atoms with Crippen LogP contribution in [0.1, 0.15) is 22.0 Å². The number of nitrogens with two attached hydrogens (primary N) is 1. The van der Waals surface area contributed by atoms with E-state index in [-0.39, 0.29) is 37.4 Å². The van der Waals surface area contributed by atoms with Crippen LogP contribution in [0.15, 0.2) is 24.3 Å². The van der Waals surface area contributed by atoms with E-state index in [1.807, 2.05) is 0 Å². The van der Waals surface area contributed by atoms with Crippen molar-refractivity contribution in [2.24, 2.45) is 5.73 Å². The highest BCUT2D eigenvalue weighted by molar-refractivity contribution is 5.88. The van der Waals surface area contributed by atoms with Crippen molar-refractivity contribution in [1.82, 2.24) is 14.8 Å². The van der Waals surface area contributed by atoms with Gasteiger partial charge in [0.25, 0.3) is 5.91 Å². The fourth-order valence-electron chi connectivity index (χ4n) is 1.51. The number of hydrogen-bond acceptors (Lipinski definition) is 5. The molecule has 0 spiro atoms. The summed E-state index contributed by atoms with van der Waals surface area (Å²) in [6, 6.07) is 5.60. The Morgan fingerprint density at radius 2 is 2.09 bits per heavy atom. The third kappa shape index (κ3) is 4.12. The second kappa shape index (κ2) is 7.31. The molecule has 2 rings (SSSR count). The van der Waals surface area contributed by atoms with Gasteiger partial charge >= 0.3 is 0 Å². The predicted octanol–water partition coefficient (Wildman–Crippen LogP) is -0.118. The standard InChI is InChI=1S/C14H13FN4O3/c15-11-4-1-10(2-5-11)3-6-12-17-14(13(16)21)18-19(12)9-22-8-7-20/h1-2,4-5,20H,7-9H2,(H2,16,21). The number of amides is 1. The first-order chi connectivity index (χ1) is 10.6. The third-order valence-corrected chi connectivity index (χ3v) is 2.50. The molecule has 0 unspecified atom stereocenters. The van der Waals surface area contributed by atoms with Crippen LogP contribution in [-0.2, 0) is 11.5 Å². The molecule has 0 radical (unpaired) electrons. The maximum Gasteiger partial charge on any atom is 0.288 e. The van der Waals surface area contributed by atoms with Crippen molar-refractivity contribution in [3.05, 3.63) is 47.3 Å². The molecular formula is C14H13FN4O3. The van der Waals surface area contributed by atoms with Crippen molar-refractivity contribution in [1.29, 1.82) is 0 Å². The molecule has 1 amide bonds. The average molecular weight is 304 g/mol. The van der Waals surface area contributed by atoms with Gasteiger partial charge in [-0.3, -0.25) is 4.79 Å². The zero-order valence-corrected chi connectivity index (χ0v) is 11.5. The summed E-state index contributed by atoms with van der Waals surface area (Å²) >= 11 is 0. The first-order valence-electron chi connectivity index (χ1n) is 6.31. The second-order valence-corrected chi connectivity index (χ2v) is 4.14. The number of rotatable bonds is 5. The van der Waals surface area contributed by atoms with E-state index in [1.54, 1.807) is 0 Å². The fraction of sp³-hybridized carbons (Fsp3) is 0.214. The Hall–Kier alpha value is -2.76. The van der Waals surface area contributed by atoms with Crippen LogP contribution in [-0.4, -0.2) is 39.0 Å². The van der Waals surface area contributed by atoms with Gasteiger partial charge in [0, 0.05) is 5.56 Å². The number of primary amides is 1. The Labute approximate surface area is 125 Å². The molecule has 7 nitrogen and oxygen atoms in total. The molecule has 1 heterocycles. The highest BCUT2D eigenvalue weighted by Crippen LogP contribution is 2.02. The van der Waals surface area contributed by atoms with Gasteiger partial charge in [-0.15, -0.1) is 5.10 Å². The summed E-state index contributed by atoms with van der Waals surface area (Å²) in [5.41, 5.74) is 5.70. The van der Waals surface area contributed by atoms with Gasteiger partial charge in [-0.2, -0.15) is 4.98 Å². The van der Waals surface area contributed by atoms with E-state index in [0.717, 1.165) is 0 Å². The lowest BCUT2D eigenvalue weighted by atomic mass is 10.2. The van der Waals surface area contributed by atoms with Gasteiger partial charge in [-0.1, -0.05) is 5.92 Å². The van der Waals surface area contributed by atoms with Crippen LogP contribution in [0, 0.1) is 17.7 Å². The summed E-state index contributed by atoms with van der Waals surface area (Å²) in [4.78, 5) is 15.0. The summed E-state index contributed by atoms with van der Waals surface area (Å²) < 4.78 is 19.2. The zero-order chi connectivity index (χ0) is 15.9. The van der Waals surface area contributed by atoms with Gasteiger partial charge in [-0.25, -0.2) is 9.07 Å². The number of aliphatic hydroxyl groups is 1. The Morgan fingerprint density at radius 3 is 2.73 bits per heavy atom. The van der Waals surface area contributed by atoms with E-state index in [4.69, 9.17) is 15.6 Å². The van der Waals surface area contributed by atoms with Crippen LogP contribution < -0.4 is 5.73 Å². The van der Waals surface area contributed by atoms with Crippen LogP contribution in [0.2, 0.25) is 0 Å². The molecule has 22 heavy (non-hydrogen) atoms. The van der Waals surface area contributed by atoms with E-state index in [0.29, 0.717) is 5.56 Å². The SMILES string of the molecule is NC(=O)c1nc(C#Cc2ccc(F)cc2)n(COCCO)n1. The number of carbonyl (C=O) groups is 1. The van der Waals surface area contributed by atoms with Crippen molar-refractivity contribution < 1.29 is 19.0 Å². The lowest BCUT2D eigenvalue weighted by Crippen LogP contribution is -2.14. The molecule has 0 aliphatic rings. The average Bonchev–Trinajstić information content (AvgIpc) is 2.91. The number of nitrogens with zero attached hydrogens (tertiary/aromatic N) is 3. The molecule has 0 bridgehead atoms. The van der Waals surface area contributed by atoms with Crippen molar-refractivity contribution >= 4 is 5.91 Å². The largest absolute Gasteiger partial charge is 0.394 e. The van der Waals surface area contributed by atoms with Gasteiger partial charge < -0.3 is 15.6 Å². The van der Waals surface area contributed by atoms with E-state index < -0.39 is 5.91 Å². The highest BCUT2D eigenvalue weighted by atomic mass is 19.1. The van der Waals surface area contributed by atoms with Gasteiger partial charge in [-0.05, 0) is 30.2 Å². The van der Waals surface area contributed by atoms with Gasteiger partial charge in [0.15, 0.2) is 0 Å². The minimum atomic E-state index is -0.786. The molecule has 0 aliphatic heterocycles. The highest BCUT2D eigenvalue weighted by Gasteiger charge is 2.12. The summed E-state index contributed by atoms with van der Waals surface area (Å²) in [5, 5.41) is 12.5. The second-order valence-electron chi connectivity index (χ2n) is 4.14. The monoisotopic (exact) mass is 304 g/mol. The summed E-state index contributed by atoms with van der Waals surface area (Å²) in [5.74, 6) is 4.34. The lowest BCUT2D eigenvalue weighted by Gasteiger charge is -2.02. The normalized spacial score (nSPS) is 10.1. The maximum atomic E-state index is 12.8. The Kier molecular flexibility index (Phi) is 5.19. The molecule has 0 aliphatic carbocycles. The summed E-state index contributed by atoms with van der Waals surface area (Å²) in [7, 11) is 0. The van der Waals surface area contributed by atoms with E-state index >= 15 is 0 Å². The van der Waals surface area contributed by atoms with Crippen LogP contribution >= 0.6 is 0 Å². The van der Waals surface area contributed by atoms with Gasteiger partial charge in [0.1, 0.15) is 12.5 Å². The topological polar surface area (TPSA) is 103 Å². The lowest BCUT2D eigenvalue weighted by molar-refractivity contribution is 0.0411. The number of aliphatic hydroxyl groups excluding tert-OH is 1. The smallest absolute Gasteiger partial charge is 0.288 e. The van der Waals surface area contributed by atoms with Crippen molar-refractivity contribution in [3.63, 3.8) is 0 Å². The molecule has 2 aromatic rings. The number of benzene rings is 1. The van der Waals surface area contributed by atoms with Gasteiger partial charge in [0.2, 0.25) is 11.6 Å². The van der Waals surface area contributed by atoms with Crippen LogP contribution in [0.5, 0.6) is 0 Å². The molecule has 0 saturated heterocycles. The number of ether oxygens (including phenoxy) is 1. The summed E-state index contributed by atoms with van der Waals surface area (Å²) in [6.07, 6.45) is 0. The van der Waals surface area contributed by atoms with Crippen molar-refractivity contribution in [3.8, 4) is 11.8 Å². The molecule has 0 saturated carbocycles. The Balaban J connectivity index is 2.24. The number of carbonyl (C=O) groups excluding carboxylic acids is 1. The van der Waals surface area contributed by atoms with Crippen LogP contribution in [0.4, 0.5) is 4.39 Å². The Bertz CT molecular complexity index is 716. The van der Waals surface area contributed by atoms with E-state index in [1.165, 1.54) is 28.9 Å². The zero-order valence-electron chi connectivity index (χ0n) is 11.5. The first-order valence-corrected chi connectivity index (χ1v) is 6.31. The van der Waals surface area contributed by atoms with Crippen LogP contribution in [0.25, 0.3) is 0 Å². The number of hydrogen-bond donors (Lipinski definition) is 2. The van der Waals surface area contributed by atoms with E-state index in [9.17, 15) is 9.18 Å². The van der Waals surface area contributed by atoms with E-state index in [2.05, 4.69) is 21.9 Å². The number of aromatic nitrogens is 3. The van der Waals surface area contributed by atoms with Gasteiger partial charge in [0.05, 0.1) is 13.2 Å². The molecule has 0 fully saturated rings. The maximum absolute atomic E-state index is 12.8. The Morgan fingerprint density at radius 1 is 1.36 bits per heavy atom. The molecule has 1 aromatic heterocycles. The first kappa shape index (κ1) is 15.6. The summed E-state index contributed by atoms with van der Waals surface area (Å²) in [6.45, 7) is -0.0706. The predicted molar refractivity (Wildman–Crippen MR) is 74.0 cm³/mol. The molecule has 0 atom stereocenters. The minimum Gasteiger partial charge on any atom is -0.394 e. The third-order valence-electron chi connectivity index (χ3n) is 2.50. The molecule has 114 valence electrons. The fourth-order valence-corrected chi connectivity index (χ4v) is 1.51. The van der Waals surface area contributed by atoms with Crippen molar-refractivity contribution in [2.75, 3.05) is 13.2 Å². The minimum absolute atomic E-state index is 0.0335. The number of halogens is 1. The molecular weight excluding hydrogens is 291 g/mol.